The Morgan fingerprint density at radius 2 is 2.05 bits per heavy atom. The summed E-state index contributed by atoms with van der Waals surface area (Å²) in [7, 11) is 0. The lowest BCUT2D eigenvalue weighted by atomic mass is 9.98. The molecule has 0 atom stereocenters. The molecule has 3 aromatic rings. The van der Waals surface area contributed by atoms with Gasteiger partial charge in [-0.15, -0.1) is 0 Å². The molecule has 21 heavy (non-hydrogen) atoms. The summed E-state index contributed by atoms with van der Waals surface area (Å²) >= 11 is 0. The van der Waals surface area contributed by atoms with E-state index in [1.54, 1.807) is 18.5 Å². The quantitative estimate of drug-likeness (QED) is 0.721. The Hall–Kier alpha value is -2.88. The number of hydrogen-bond donors (Lipinski definition) is 2. The molecular formula is C17H14N2O2. The number of fused-ring (bicyclic) bond motifs is 1. The van der Waals surface area contributed by atoms with Crippen molar-refractivity contribution in [1.29, 1.82) is 0 Å². The molecule has 0 saturated carbocycles. The molecule has 4 heteroatoms. The fourth-order valence-electron chi connectivity index (χ4n) is 2.38. The van der Waals surface area contributed by atoms with Crippen LogP contribution in [0.5, 0.6) is 0 Å². The van der Waals surface area contributed by atoms with Crippen molar-refractivity contribution in [2.45, 2.75) is 6.92 Å². The van der Waals surface area contributed by atoms with Gasteiger partial charge in [0.15, 0.2) is 0 Å². The number of carbonyl (C=O) groups is 1. The number of aliphatic carboxylic acids is 1. The molecule has 1 aromatic carbocycles. The summed E-state index contributed by atoms with van der Waals surface area (Å²) in [4.78, 5) is 18.9. The van der Waals surface area contributed by atoms with Crippen molar-refractivity contribution < 1.29 is 9.90 Å². The lowest BCUT2D eigenvalue weighted by molar-refractivity contribution is -0.130. The highest BCUT2D eigenvalue weighted by Gasteiger charge is 2.13. The van der Waals surface area contributed by atoms with E-state index in [2.05, 4.69) is 9.97 Å². The number of nitrogens with zero attached hydrogens (tertiary/aromatic N) is 1. The van der Waals surface area contributed by atoms with E-state index in [1.807, 2.05) is 43.3 Å². The molecule has 0 aliphatic rings. The zero-order valence-electron chi connectivity index (χ0n) is 11.5. The van der Waals surface area contributed by atoms with E-state index >= 15 is 0 Å². The smallest absolute Gasteiger partial charge is 0.336 e. The minimum atomic E-state index is -0.942. The monoisotopic (exact) mass is 278 g/mol. The van der Waals surface area contributed by atoms with Crippen LogP contribution in [0, 0.1) is 6.92 Å². The van der Waals surface area contributed by atoms with Crippen LogP contribution in [0.4, 0.5) is 0 Å². The third-order valence-corrected chi connectivity index (χ3v) is 3.45. The Bertz CT molecular complexity index is 847. The number of aromatic nitrogens is 2. The van der Waals surface area contributed by atoms with Gasteiger partial charge in [0.1, 0.15) is 5.65 Å². The van der Waals surface area contributed by atoms with E-state index in [0.717, 1.165) is 27.7 Å². The van der Waals surface area contributed by atoms with Crippen molar-refractivity contribution >= 4 is 28.7 Å². The highest BCUT2D eigenvalue weighted by Crippen LogP contribution is 2.25. The van der Waals surface area contributed by atoms with Crippen LogP contribution in [-0.4, -0.2) is 21.0 Å². The maximum absolute atomic E-state index is 11.6. The van der Waals surface area contributed by atoms with Gasteiger partial charge in [-0.05, 0) is 36.3 Å². The summed E-state index contributed by atoms with van der Waals surface area (Å²) in [6.45, 7) is 1.91. The molecule has 2 aromatic heterocycles. The summed E-state index contributed by atoms with van der Waals surface area (Å²) in [5.41, 5.74) is 3.50. The van der Waals surface area contributed by atoms with Gasteiger partial charge in [-0.2, -0.15) is 0 Å². The first-order valence-electron chi connectivity index (χ1n) is 6.60. The van der Waals surface area contributed by atoms with Crippen LogP contribution in [0.3, 0.4) is 0 Å². The van der Waals surface area contributed by atoms with Crippen molar-refractivity contribution in [3.63, 3.8) is 0 Å². The van der Waals surface area contributed by atoms with E-state index < -0.39 is 5.97 Å². The van der Waals surface area contributed by atoms with Gasteiger partial charge in [0.2, 0.25) is 0 Å². The van der Waals surface area contributed by atoms with Crippen LogP contribution >= 0.6 is 0 Å². The van der Waals surface area contributed by atoms with Crippen LogP contribution in [0.15, 0.2) is 48.8 Å². The van der Waals surface area contributed by atoms with E-state index in [-0.39, 0.29) is 5.57 Å². The lowest BCUT2D eigenvalue weighted by Crippen LogP contribution is -2.01. The molecule has 2 heterocycles. The first-order valence-corrected chi connectivity index (χ1v) is 6.60. The normalized spacial score (nSPS) is 11.8. The Labute approximate surface area is 121 Å². The summed E-state index contributed by atoms with van der Waals surface area (Å²) in [6, 6.07) is 11.2. The van der Waals surface area contributed by atoms with Crippen LogP contribution < -0.4 is 0 Å². The number of aryl methyl sites for hydroxylation is 1. The number of H-pyrrole nitrogens is 1. The van der Waals surface area contributed by atoms with Gasteiger partial charge in [-0.1, -0.05) is 24.3 Å². The van der Waals surface area contributed by atoms with Gasteiger partial charge in [-0.25, -0.2) is 9.78 Å². The zero-order chi connectivity index (χ0) is 14.8. The van der Waals surface area contributed by atoms with Crippen LogP contribution in [0.1, 0.15) is 16.7 Å². The predicted octanol–water partition coefficient (Wildman–Crippen LogP) is 3.50. The summed E-state index contributed by atoms with van der Waals surface area (Å²) in [5.74, 6) is -0.942. The number of benzene rings is 1. The van der Waals surface area contributed by atoms with Crippen molar-refractivity contribution in [1.82, 2.24) is 9.97 Å². The average Bonchev–Trinajstić information content (AvgIpc) is 2.89. The minimum Gasteiger partial charge on any atom is -0.478 e. The molecule has 0 unspecified atom stereocenters. The summed E-state index contributed by atoms with van der Waals surface area (Å²) in [6.07, 6.45) is 5.16. The molecule has 0 saturated heterocycles. The van der Waals surface area contributed by atoms with E-state index in [4.69, 9.17) is 0 Å². The van der Waals surface area contributed by atoms with Crippen molar-refractivity contribution in [3.05, 3.63) is 65.5 Å². The number of rotatable bonds is 3. The van der Waals surface area contributed by atoms with Crippen LogP contribution in [0.25, 0.3) is 22.7 Å². The number of aromatic amines is 1. The highest BCUT2D eigenvalue weighted by atomic mass is 16.4. The molecule has 0 bridgehead atoms. The van der Waals surface area contributed by atoms with Gasteiger partial charge >= 0.3 is 5.97 Å². The molecular weight excluding hydrogens is 264 g/mol. The molecule has 0 amide bonds. The van der Waals surface area contributed by atoms with Gasteiger partial charge in [0, 0.05) is 23.3 Å². The Morgan fingerprint density at radius 3 is 2.81 bits per heavy atom. The lowest BCUT2D eigenvalue weighted by Gasteiger charge is -2.06. The molecule has 0 aliphatic heterocycles. The molecule has 104 valence electrons. The number of nitrogens with one attached hydrogen (secondary N) is 1. The second-order valence-electron chi connectivity index (χ2n) is 4.82. The van der Waals surface area contributed by atoms with E-state index in [9.17, 15) is 9.90 Å². The largest absolute Gasteiger partial charge is 0.478 e. The summed E-state index contributed by atoms with van der Waals surface area (Å²) in [5, 5.41) is 10.4. The van der Waals surface area contributed by atoms with Crippen LogP contribution in [0.2, 0.25) is 0 Å². The first-order chi connectivity index (χ1) is 10.2. The van der Waals surface area contributed by atoms with Crippen molar-refractivity contribution in [3.8, 4) is 0 Å². The second kappa shape index (κ2) is 5.25. The van der Waals surface area contributed by atoms with Gasteiger partial charge in [-0.3, -0.25) is 0 Å². The van der Waals surface area contributed by atoms with Crippen molar-refractivity contribution in [2.24, 2.45) is 0 Å². The predicted molar refractivity (Wildman–Crippen MR) is 82.8 cm³/mol. The number of pyridine rings is 1. The third-order valence-electron chi connectivity index (χ3n) is 3.45. The molecule has 3 rings (SSSR count). The van der Waals surface area contributed by atoms with E-state index in [0.29, 0.717) is 0 Å². The Balaban J connectivity index is 2.18. The Kier molecular flexibility index (Phi) is 3.28. The maximum Gasteiger partial charge on any atom is 0.336 e. The van der Waals surface area contributed by atoms with Gasteiger partial charge in [0.05, 0.1) is 5.57 Å². The minimum absolute atomic E-state index is 0.276. The number of hydrogen-bond acceptors (Lipinski definition) is 2. The summed E-state index contributed by atoms with van der Waals surface area (Å²) < 4.78 is 0. The number of carboxylic acid groups (broad SMARTS) is 1. The average molecular weight is 278 g/mol. The van der Waals surface area contributed by atoms with Crippen LogP contribution in [-0.2, 0) is 4.79 Å². The fraction of sp³-hybridized carbons (Fsp3) is 0.0588. The first kappa shape index (κ1) is 13.1. The molecule has 0 radical (unpaired) electrons. The molecule has 2 N–H and O–H groups in total. The highest BCUT2D eigenvalue weighted by molar-refractivity contribution is 6.21. The Morgan fingerprint density at radius 1 is 1.24 bits per heavy atom. The number of carboxylic acids is 1. The van der Waals surface area contributed by atoms with Gasteiger partial charge in [0.25, 0.3) is 0 Å². The topological polar surface area (TPSA) is 66.0 Å². The van der Waals surface area contributed by atoms with E-state index in [1.165, 1.54) is 0 Å². The van der Waals surface area contributed by atoms with Crippen molar-refractivity contribution in [2.75, 3.05) is 0 Å². The second-order valence-corrected chi connectivity index (χ2v) is 4.82. The molecule has 4 nitrogen and oxygen atoms in total. The third kappa shape index (κ3) is 2.43. The standard InChI is InChI=1S/C17H14N2O2/c1-11-5-2-3-6-13(11)15(17(20)21)9-12-10-19-16-14(12)7-4-8-18-16/h2-10H,1H3,(H,18,19)(H,20,21). The maximum atomic E-state index is 11.6. The fourth-order valence-corrected chi connectivity index (χ4v) is 2.38. The van der Waals surface area contributed by atoms with Gasteiger partial charge < -0.3 is 10.1 Å². The molecule has 0 spiro atoms. The molecule has 0 aliphatic carbocycles. The molecule has 0 fully saturated rings. The SMILES string of the molecule is Cc1ccccc1C(=Cc1c[nH]c2ncccc12)C(=O)O. The zero-order valence-corrected chi connectivity index (χ0v) is 11.5.